The molecule has 5 nitrogen and oxygen atoms in total. The van der Waals surface area contributed by atoms with Crippen molar-refractivity contribution >= 4 is 5.97 Å². The van der Waals surface area contributed by atoms with E-state index in [0.29, 0.717) is 16.9 Å². The number of hydrogen-bond donors (Lipinski definition) is 1. The Hall–Kier alpha value is -2.43. The van der Waals surface area contributed by atoms with E-state index in [4.69, 9.17) is 9.84 Å². The maximum absolute atomic E-state index is 11.0. The molecule has 0 aliphatic rings. The largest absolute Gasteiger partial charge is 0.495 e. The summed E-state index contributed by atoms with van der Waals surface area (Å²) in [6, 6.07) is 5.09. The summed E-state index contributed by atoms with van der Waals surface area (Å²) in [6.07, 6.45) is 4.58. The molecule has 0 radical (unpaired) electrons. The summed E-state index contributed by atoms with van der Waals surface area (Å²) in [5, 5.41) is 9.04. The summed E-state index contributed by atoms with van der Waals surface area (Å²) in [4.78, 5) is 18.9. The molecular formula is C12H10N2O3. The highest BCUT2D eigenvalue weighted by atomic mass is 16.5. The van der Waals surface area contributed by atoms with E-state index in [9.17, 15) is 4.79 Å². The molecule has 2 aromatic heterocycles. The number of rotatable bonds is 3. The van der Waals surface area contributed by atoms with Gasteiger partial charge in [0.1, 0.15) is 5.75 Å². The van der Waals surface area contributed by atoms with Crippen LogP contribution in [0.5, 0.6) is 5.75 Å². The topological polar surface area (TPSA) is 72.3 Å². The Morgan fingerprint density at radius 3 is 2.94 bits per heavy atom. The van der Waals surface area contributed by atoms with Crippen LogP contribution in [-0.2, 0) is 0 Å². The van der Waals surface area contributed by atoms with E-state index >= 15 is 0 Å². The minimum atomic E-state index is -1.07. The van der Waals surface area contributed by atoms with Gasteiger partial charge in [0, 0.05) is 23.5 Å². The van der Waals surface area contributed by atoms with E-state index in [1.807, 2.05) is 0 Å². The molecular weight excluding hydrogens is 220 g/mol. The van der Waals surface area contributed by atoms with Gasteiger partial charge >= 0.3 is 5.97 Å². The second-order valence-corrected chi connectivity index (χ2v) is 3.32. The second kappa shape index (κ2) is 4.61. The number of carbonyl (C=O) groups is 1. The van der Waals surface area contributed by atoms with Gasteiger partial charge in [-0.05, 0) is 12.1 Å². The van der Waals surface area contributed by atoms with Crippen LogP contribution in [-0.4, -0.2) is 28.2 Å². The molecule has 0 saturated heterocycles. The lowest BCUT2D eigenvalue weighted by Crippen LogP contribution is -2.02. The van der Waals surface area contributed by atoms with Crippen LogP contribution in [0.1, 0.15) is 10.5 Å². The van der Waals surface area contributed by atoms with Crippen LogP contribution in [0.2, 0.25) is 0 Å². The highest BCUT2D eigenvalue weighted by molar-refractivity contribution is 5.93. The van der Waals surface area contributed by atoms with Crippen molar-refractivity contribution in [1.82, 2.24) is 9.97 Å². The van der Waals surface area contributed by atoms with E-state index < -0.39 is 5.97 Å². The van der Waals surface area contributed by atoms with Crippen molar-refractivity contribution in [2.45, 2.75) is 0 Å². The summed E-state index contributed by atoms with van der Waals surface area (Å²) in [5.41, 5.74) is 1.18. The Morgan fingerprint density at radius 2 is 2.24 bits per heavy atom. The number of methoxy groups -OCH3 is 1. The number of hydrogen-bond acceptors (Lipinski definition) is 4. The number of carboxylic acid groups (broad SMARTS) is 1. The molecule has 0 spiro atoms. The lowest BCUT2D eigenvalue weighted by molar-refractivity contribution is 0.0691. The normalized spacial score (nSPS) is 9.94. The zero-order chi connectivity index (χ0) is 12.3. The molecule has 17 heavy (non-hydrogen) atoms. The summed E-state index contributed by atoms with van der Waals surface area (Å²) in [7, 11) is 1.53. The highest BCUT2D eigenvalue weighted by Crippen LogP contribution is 2.24. The first kappa shape index (κ1) is 11.1. The number of aromatic nitrogens is 2. The van der Waals surface area contributed by atoms with Crippen LogP contribution in [0.25, 0.3) is 11.1 Å². The predicted octanol–water partition coefficient (Wildman–Crippen LogP) is 1.85. The summed E-state index contributed by atoms with van der Waals surface area (Å²) < 4.78 is 5.05. The molecule has 0 bridgehead atoms. The van der Waals surface area contributed by atoms with Crippen LogP contribution >= 0.6 is 0 Å². The first-order valence-electron chi connectivity index (χ1n) is 4.90. The average molecular weight is 230 g/mol. The Balaban J connectivity index is 2.56. The monoisotopic (exact) mass is 230 g/mol. The molecule has 0 saturated carbocycles. The van der Waals surface area contributed by atoms with Crippen molar-refractivity contribution in [1.29, 1.82) is 0 Å². The van der Waals surface area contributed by atoms with E-state index in [0.717, 1.165) is 0 Å². The van der Waals surface area contributed by atoms with Gasteiger partial charge in [-0.15, -0.1) is 0 Å². The number of ether oxygens (including phenoxy) is 1. The van der Waals surface area contributed by atoms with Gasteiger partial charge in [0.15, 0.2) is 5.69 Å². The van der Waals surface area contributed by atoms with Crippen molar-refractivity contribution < 1.29 is 14.6 Å². The van der Waals surface area contributed by atoms with Gasteiger partial charge in [0.25, 0.3) is 0 Å². The molecule has 2 rings (SSSR count). The quantitative estimate of drug-likeness (QED) is 0.871. The van der Waals surface area contributed by atoms with Crippen LogP contribution in [0, 0.1) is 0 Å². The van der Waals surface area contributed by atoms with Crippen LogP contribution in [0.3, 0.4) is 0 Å². The zero-order valence-corrected chi connectivity index (χ0v) is 9.12. The number of nitrogens with zero attached hydrogens (tertiary/aromatic N) is 2. The van der Waals surface area contributed by atoms with Gasteiger partial charge in [0.2, 0.25) is 0 Å². The van der Waals surface area contributed by atoms with Gasteiger partial charge in [-0.1, -0.05) is 6.07 Å². The van der Waals surface area contributed by atoms with Gasteiger partial charge in [0.05, 0.1) is 13.3 Å². The zero-order valence-electron chi connectivity index (χ0n) is 9.12. The molecule has 0 aliphatic carbocycles. The van der Waals surface area contributed by atoms with Crippen molar-refractivity contribution in [2.24, 2.45) is 0 Å². The number of aromatic carboxylic acids is 1. The summed E-state index contributed by atoms with van der Waals surface area (Å²) in [5.74, 6) is -0.494. The SMILES string of the molecule is COc1cncc(-c2cccnc2C(=O)O)c1. The third-order valence-electron chi connectivity index (χ3n) is 2.27. The predicted molar refractivity (Wildman–Crippen MR) is 61.0 cm³/mol. The number of carboxylic acids is 1. The fourth-order valence-corrected chi connectivity index (χ4v) is 1.49. The summed E-state index contributed by atoms with van der Waals surface area (Å²) in [6.45, 7) is 0. The molecule has 0 aliphatic heterocycles. The van der Waals surface area contributed by atoms with Crippen LogP contribution < -0.4 is 4.74 Å². The molecule has 0 atom stereocenters. The Labute approximate surface area is 97.7 Å². The fraction of sp³-hybridized carbons (Fsp3) is 0.0833. The molecule has 5 heteroatoms. The van der Waals surface area contributed by atoms with E-state index in [-0.39, 0.29) is 5.69 Å². The minimum absolute atomic E-state index is 0.00236. The maximum atomic E-state index is 11.0. The first-order valence-corrected chi connectivity index (χ1v) is 4.90. The van der Waals surface area contributed by atoms with Crippen molar-refractivity contribution in [3.05, 3.63) is 42.5 Å². The summed E-state index contributed by atoms with van der Waals surface area (Å²) >= 11 is 0. The van der Waals surface area contributed by atoms with E-state index in [2.05, 4.69) is 9.97 Å². The standard InChI is InChI=1S/C12H10N2O3/c1-17-9-5-8(6-13-7-9)10-3-2-4-14-11(10)12(15)16/h2-7H,1H3,(H,15,16). The Morgan fingerprint density at radius 1 is 1.41 bits per heavy atom. The second-order valence-electron chi connectivity index (χ2n) is 3.32. The minimum Gasteiger partial charge on any atom is -0.495 e. The molecule has 2 aromatic rings. The van der Waals surface area contributed by atoms with Crippen molar-refractivity contribution in [3.8, 4) is 16.9 Å². The Kier molecular flexibility index (Phi) is 3.00. The molecule has 0 amide bonds. The molecule has 1 N–H and O–H groups in total. The van der Waals surface area contributed by atoms with Gasteiger partial charge < -0.3 is 9.84 Å². The number of pyridine rings is 2. The van der Waals surface area contributed by atoms with E-state index in [1.165, 1.54) is 13.3 Å². The van der Waals surface area contributed by atoms with Gasteiger partial charge in [-0.25, -0.2) is 9.78 Å². The van der Waals surface area contributed by atoms with Crippen LogP contribution in [0.4, 0.5) is 0 Å². The van der Waals surface area contributed by atoms with Crippen molar-refractivity contribution in [2.75, 3.05) is 7.11 Å². The molecule has 86 valence electrons. The maximum Gasteiger partial charge on any atom is 0.355 e. The van der Waals surface area contributed by atoms with E-state index in [1.54, 1.807) is 30.6 Å². The molecule has 2 heterocycles. The Bertz CT molecular complexity index is 555. The van der Waals surface area contributed by atoms with Crippen LogP contribution in [0.15, 0.2) is 36.8 Å². The third kappa shape index (κ3) is 2.23. The smallest absolute Gasteiger partial charge is 0.355 e. The molecule has 0 unspecified atom stereocenters. The fourth-order valence-electron chi connectivity index (χ4n) is 1.49. The van der Waals surface area contributed by atoms with Gasteiger partial charge in [-0.2, -0.15) is 0 Å². The lowest BCUT2D eigenvalue weighted by Gasteiger charge is -2.06. The van der Waals surface area contributed by atoms with Gasteiger partial charge in [-0.3, -0.25) is 4.98 Å². The first-order chi connectivity index (χ1) is 8.22. The molecule has 0 fully saturated rings. The molecule has 0 aromatic carbocycles. The highest BCUT2D eigenvalue weighted by Gasteiger charge is 2.13. The lowest BCUT2D eigenvalue weighted by atomic mass is 10.1. The van der Waals surface area contributed by atoms with Crippen molar-refractivity contribution in [3.63, 3.8) is 0 Å². The third-order valence-corrected chi connectivity index (χ3v) is 2.27. The average Bonchev–Trinajstić information content (AvgIpc) is 2.39.